The number of phosphoric ester groups is 1. The van der Waals surface area contributed by atoms with Gasteiger partial charge in [-0.05, 0) is 57.8 Å². The molecule has 0 radical (unpaired) electrons. The zero-order valence-electron chi connectivity index (χ0n) is 30.2. The Hall–Kier alpha value is -2.06. The average molecular weight is 679 g/mol. The van der Waals surface area contributed by atoms with Gasteiger partial charge in [-0.15, -0.1) is 0 Å². The third-order valence-corrected chi connectivity index (χ3v) is 8.14. The van der Waals surface area contributed by atoms with Crippen molar-refractivity contribution in [1.82, 2.24) is 5.32 Å². The van der Waals surface area contributed by atoms with E-state index in [0.29, 0.717) is 17.4 Å². The average Bonchev–Trinajstić information content (AvgIpc) is 3.01. The van der Waals surface area contributed by atoms with Crippen LogP contribution in [-0.4, -0.2) is 68.5 Å². The third-order valence-electron chi connectivity index (χ3n) is 7.17. The number of amides is 1. The number of aliphatic hydroxyl groups is 1. The Morgan fingerprint density at radius 2 is 1.30 bits per heavy atom. The van der Waals surface area contributed by atoms with Gasteiger partial charge in [0.2, 0.25) is 5.91 Å². The highest BCUT2D eigenvalue weighted by Gasteiger charge is 2.23. The summed E-state index contributed by atoms with van der Waals surface area (Å²) < 4.78 is 22.8. The van der Waals surface area contributed by atoms with E-state index in [-0.39, 0.29) is 12.5 Å². The van der Waals surface area contributed by atoms with E-state index in [0.717, 1.165) is 89.9 Å². The highest BCUT2D eigenvalue weighted by Crippen LogP contribution is 2.38. The topological polar surface area (TPSA) is 108 Å². The SMILES string of the molecule is CC/C=C\C/C=C\C/C=C\C/C=C\C/C=C\CCCCCCCC(=O)NC(COP(=O)([O-])OCC[N+](C)(C)C)C(O)/C=C/CCCC. The molecule has 0 aliphatic rings. The third kappa shape index (κ3) is 32.3. The Balaban J connectivity index is 4.27. The number of carbonyl (C=O) groups excluding carboxylic acids is 1. The first-order valence-electron chi connectivity index (χ1n) is 17.8. The van der Waals surface area contributed by atoms with Crippen molar-refractivity contribution in [2.45, 2.75) is 122 Å². The summed E-state index contributed by atoms with van der Waals surface area (Å²) in [4.78, 5) is 24.9. The summed E-state index contributed by atoms with van der Waals surface area (Å²) >= 11 is 0. The van der Waals surface area contributed by atoms with Gasteiger partial charge in [0, 0.05) is 6.42 Å². The molecule has 0 heterocycles. The zero-order chi connectivity index (χ0) is 35.1. The van der Waals surface area contributed by atoms with E-state index in [1.807, 2.05) is 27.2 Å². The van der Waals surface area contributed by atoms with Gasteiger partial charge in [-0.25, -0.2) is 0 Å². The molecule has 0 bridgehead atoms. The smallest absolute Gasteiger partial charge is 0.268 e. The van der Waals surface area contributed by atoms with Gasteiger partial charge in [-0.2, -0.15) is 0 Å². The molecule has 270 valence electrons. The van der Waals surface area contributed by atoms with Crippen molar-refractivity contribution in [3.05, 3.63) is 72.9 Å². The first-order chi connectivity index (χ1) is 22.5. The van der Waals surface area contributed by atoms with E-state index in [2.05, 4.69) is 79.9 Å². The molecule has 0 fully saturated rings. The second-order valence-corrected chi connectivity index (χ2v) is 14.3. The number of rotatable bonds is 30. The lowest BCUT2D eigenvalue weighted by atomic mass is 10.1. The standard InChI is InChI=1S/C38H67N2O6P/c1-6-8-10-12-13-14-15-16-17-18-19-20-21-22-23-24-25-26-27-28-30-32-38(42)39-36(37(41)31-29-11-9-7-2)35-46-47(43,44)45-34-33-40(3,4)5/h8,10,13-14,16-17,19-20,22-23,29,31,36-37,41H,6-7,9,11-12,15,18,21,24-28,30,32-35H2,1-5H3,(H-,39,42,43,44)/b10-8-,14-13-,17-16-,20-19-,23-22-,31-29+. The number of carbonyl (C=O) groups is 1. The maximum Gasteiger partial charge on any atom is 0.268 e. The zero-order valence-corrected chi connectivity index (χ0v) is 31.1. The molecule has 3 atom stereocenters. The highest BCUT2D eigenvalue weighted by atomic mass is 31.2. The molecule has 0 aromatic carbocycles. The summed E-state index contributed by atoms with van der Waals surface area (Å²) in [7, 11) is 1.22. The maximum atomic E-state index is 12.6. The fourth-order valence-electron chi connectivity index (χ4n) is 4.28. The number of allylic oxidation sites excluding steroid dienone is 11. The van der Waals surface area contributed by atoms with Crippen molar-refractivity contribution in [2.75, 3.05) is 40.9 Å². The minimum Gasteiger partial charge on any atom is -0.756 e. The van der Waals surface area contributed by atoms with Crippen LogP contribution in [0.2, 0.25) is 0 Å². The van der Waals surface area contributed by atoms with Gasteiger partial charge in [-0.1, -0.05) is 119 Å². The Morgan fingerprint density at radius 3 is 1.87 bits per heavy atom. The summed E-state index contributed by atoms with van der Waals surface area (Å²) in [5, 5.41) is 13.4. The van der Waals surface area contributed by atoms with Gasteiger partial charge in [0.1, 0.15) is 13.2 Å². The fraction of sp³-hybridized carbons (Fsp3) is 0.658. The monoisotopic (exact) mass is 678 g/mol. The Morgan fingerprint density at radius 1 is 0.766 bits per heavy atom. The minimum atomic E-state index is -4.57. The summed E-state index contributed by atoms with van der Waals surface area (Å²) in [6, 6.07) is -0.895. The van der Waals surface area contributed by atoms with Gasteiger partial charge in [0.05, 0.1) is 39.9 Å². The molecule has 9 heteroatoms. The van der Waals surface area contributed by atoms with Crippen molar-refractivity contribution in [2.24, 2.45) is 0 Å². The van der Waals surface area contributed by atoms with E-state index in [4.69, 9.17) is 9.05 Å². The second-order valence-electron chi connectivity index (χ2n) is 12.8. The lowest BCUT2D eigenvalue weighted by Crippen LogP contribution is -2.45. The largest absolute Gasteiger partial charge is 0.756 e. The van der Waals surface area contributed by atoms with Crippen LogP contribution in [0.4, 0.5) is 0 Å². The summed E-state index contributed by atoms with van der Waals surface area (Å²) in [5.74, 6) is -0.231. The summed E-state index contributed by atoms with van der Waals surface area (Å²) in [5.41, 5.74) is 0. The lowest BCUT2D eigenvalue weighted by molar-refractivity contribution is -0.870. The molecule has 3 unspecified atom stereocenters. The van der Waals surface area contributed by atoms with Crippen LogP contribution in [0.1, 0.15) is 110 Å². The number of nitrogens with one attached hydrogen (secondary N) is 1. The van der Waals surface area contributed by atoms with Gasteiger partial charge < -0.3 is 28.8 Å². The molecule has 1 amide bonds. The van der Waals surface area contributed by atoms with E-state index >= 15 is 0 Å². The fourth-order valence-corrected chi connectivity index (χ4v) is 5.00. The van der Waals surface area contributed by atoms with E-state index in [1.54, 1.807) is 6.08 Å². The summed E-state index contributed by atoms with van der Waals surface area (Å²) in [6.07, 6.45) is 38.6. The van der Waals surface area contributed by atoms with Crippen LogP contribution in [0.15, 0.2) is 72.9 Å². The van der Waals surface area contributed by atoms with Gasteiger partial charge in [-0.3, -0.25) is 9.36 Å². The predicted molar refractivity (Wildman–Crippen MR) is 196 cm³/mol. The van der Waals surface area contributed by atoms with Crippen molar-refractivity contribution in [3.8, 4) is 0 Å². The molecule has 0 spiro atoms. The quantitative estimate of drug-likeness (QED) is 0.0343. The van der Waals surface area contributed by atoms with Crippen LogP contribution in [0.5, 0.6) is 0 Å². The van der Waals surface area contributed by atoms with Gasteiger partial charge in [0.15, 0.2) is 0 Å². The number of hydrogen-bond acceptors (Lipinski definition) is 6. The van der Waals surface area contributed by atoms with Crippen molar-refractivity contribution in [3.63, 3.8) is 0 Å². The molecule has 8 nitrogen and oxygen atoms in total. The number of aliphatic hydroxyl groups excluding tert-OH is 1. The van der Waals surface area contributed by atoms with E-state index in [1.165, 1.54) is 0 Å². The van der Waals surface area contributed by atoms with Gasteiger partial charge >= 0.3 is 0 Å². The Labute approximate surface area is 287 Å². The molecule has 0 rings (SSSR count). The number of phosphoric acid groups is 1. The Bertz CT molecular complexity index is 997. The van der Waals surface area contributed by atoms with Crippen molar-refractivity contribution >= 4 is 13.7 Å². The predicted octanol–water partition coefficient (Wildman–Crippen LogP) is 8.27. The van der Waals surface area contributed by atoms with E-state index < -0.39 is 26.6 Å². The molecular formula is C38H67N2O6P. The van der Waals surface area contributed by atoms with E-state index in [9.17, 15) is 19.4 Å². The van der Waals surface area contributed by atoms with Crippen LogP contribution >= 0.6 is 7.82 Å². The minimum absolute atomic E-state index is 0.0108. The first-order valence-corrected chi connectivity index (χ1v) is 19.3. The first kappa shape index (κ1) is 44.9. The molecule has 0 saturated heterocycles. The lowest BCUT2D eigenvalue weighted by Gasteiger charge is -2.29. The molecular weight excluding hydrogens is 611 g/mol. The molecule has 0 saturated carbocycles. The normalized spacial score (nSPS) is 15.6. The molecule has 47 heavy (non-hydrogen) atoms. The molecule has 2 N–H and O–H groups in total. The molecule has 0 aromatic heterocycles. The molecule has 0 aromatic rings. The van der Waals surface area contributed by atoms with Crippen LogP contribution in [-0.2, 0) is 18.4 Å². The van der Waals surface area contributed by atoms with Crippen molar-refractivity contribution in [1.29, 1.82) is 0 Å². The van der Waals surface area contributed by atoms with Gasteiger partial charge in [0.25, 0.3) is 7.82 Å². The van der Waals surface area contributed by atoms with Crippen LogP contribution in [0, 0.1) is 0 Å². The number of likely N-dealkylation sites (N-methyl/N-ethyl adjacent to an activating group) is 1. The van der Waals surface area contributed by atoms with Crippen LogP contribution in [0.3, 0.4) is 0 Å². The number of unbranched alkanes of at least 4 members (excludes halogenated alkanes) is 7. The summed E-state index contributed by atoms with van der Waals surface area (Å²) in [6.45, 7) is 4.31. The number of hydrogen-bond donors (Lipinski definition) is 2. The highest BCUT2D eigenvalue weighted by molar-refractivity contribution is 7.45. The second kappa shape index (κ2) is 30.0. The number of nitrogens with zero attached hydrogens (tertiary/aromatic N) is 1. The number of quaternary nitrogens is 1. The van der Waals surface area contributed by atoms with Crippen LogP contribution < -0.4 is 10.2 Å². The Kier molecular flexibility index (Phi) is 28.7. The van der Waals surface area contributed by atoms with Crippen molar-refractivity contribution < 1.29 is 32.9 Å². The molecule has 0 aliphatic heterocycles. The van der Waals surface area contributed by atoms with Crippen LogP contribution in [0.25, 0.3) is 0 Å². The maximum absolute atomic E-state index is 12.6. The molecule has 0 aliphatic carbocycles.